The lowest BCUT2D eigenvalue weighted by atomic mass is 10.1. The zero-order chi connectivity index (χ0) is 7.56. The first-order chi connectivity index (χ1) is 4.75. The number of nitrogens with one attached hydrogen (secondary N) is 1. The maximum atomic E-state index is 10.7. The van der Waals surface area contributed by atoms with Crippen molar-refractivity contribution in [2.75, 3.05) is 6.54 Å². The summed E-state index contributed by atoms with van der Waals surface area (Å²) in [6, 6.07) is 0. The normalized spacial score (nSPS) is 23.0. The van der Waals surface area contributed by atoms with Crippen molar-refractivity contribution in [2.45, 2.75) is 6.42 Å². The topological polar surface area (TPSA) is 78.8 Å². The van der Waals surface area contributed by atoms with Gasteiger partial charge >= 0.3 is 0 Å². The number of hydrogen-bond donors (Lipinski definition) is 2. The van der Waals surface area contributed by atoms with Gasteiger partial charge in [-0.3, -0.25) is 9.59 Å². The van der Waals surface area contributed by atoms with Gasteiger partial charge in [-0.25, -0.2) is 0 Å². The number of hydrogen-bond acceptors (Lipinski definition) is 4. The molecule has 54 valence electrons. The first-order valence-corrected chi connectivity index (χ1v) is 2.79. The molecular formula is C5H6N2O3. The Labute approximate surface area is 56.7 Å². The molecule has 0 bridgehead atoms. The van der Waals surface area contributed by atoms with Gasteiger partial charge in [0, 0.05) is 13.0 Å². The number of piperidine rings is 1. The minimum absolute atomic E-state index is 0.213. The maximum absolute atomic E-state index is 10.7. The number of carbonyl (C=O) groups excluding carboxylic acids is 2. The molecule has 0 atom stereocenters. The first kappa shape index (κ1) is 6.73. The van der Waals surface area contributed by atoms with Crippen LogP contribution in [0.15, 0.2) is 5.16 Å². The molecule has 0 radical (unpaired) electrons. The van der Waals surface area contributed by atoms with Crippen LogP contribution < -0.4 is 5.32 Å². The summed E-state index contributed by atoms with van der Waals surface area (Å²) in [6.45, 7) is 0.330. The van der Waals surface area contributed by atoms with E-state index in [1.165, 1.54) is 0 Å². The fraction of sp³-hybridized carbons (Fsp3) is 0.400. The summed E-state index contributed by atoms with van der Waals surface area (Å²) in [5, 5.41) is 13.1. The van der Waals surface area contributed by atoms with Gasteiger partial charge in [-0.2, -0.15) is 0 Å². The summed E-state index contributed by atoms with van der Waals surface area (Å²) in [5.41, 5.74) is -0.397. The van der Waals surface area contributed by atoms with Gasteiger partial charge in [0.25, 0.3) is 5.91 Å². The zero-order valence-corrected chi connectivity index (χ0v) is 5.13. The van der Waals surface area contributed by atoms with E-state index in [1.807, 2.05) is 0 Å². The van der Waals surface area contributed by atoms with Gasteiger partial charge in [-0.05, 0) is 0 Å². The molecule has 1 amide bonds. The Balaban J connectivity index is 2.83. The van der Waals surface area contributed by atoms with E-state index in [2.05, 4.69) is 10.5 Å². The fourth-order valence-electron chi connectivity index (χ4n) is 0.719. The Morgan fingerprint density at radius 1 is 1.50 bits per heavy atom. The minimum atomic E-state index is -0.598. The molecule has 1 aliphatic rings. The van der Waals surface area contributed by atoms with Crippen LogP contribution in [-0.4, -0.2) is 29.2 Å². The lowest BCUT2D eigenvalue weighted by Gasteiger charge is -2.09. The molecule has 0 saturated carbocycles. The largest absolute Gasteiger partial charge is 0.410 e. The Morgan fingerprint density at radius 3 is 2.60 bits per heavy atom. The highest BCUT2D eigenvalue weighted by molar-refractivity contribution is 6.66. The van der Waals surface area contributed by atoms with Gasteiger partial charge in [-0.15, -0.1) is 0 Å². The lowest BCUT2D eigenvalue weighted by molar-refractivity contribution is -0.120. The van der Waals surface area contributed by atoms with Crippen LogP contribution in [0.4, 0.5) is 0 Å². The van der Waals surface area contributed by atoms with Crippen molar-refractivity contribution in [3.05, 3.63) is 0 Å². The highest BCUT2D eigenvalue weighted by Crippen LogP contribution is 1.93. The average Bonchev–Trinajstić information content (AvgIpc) is 1.88. The van der Waals surface area contributed by atoms with Gasteiger partial charge in [0.1, 0.15) is 0 Å². The molecule has 0 aromatic heterocycles. The highest BCUT2D eigenvalue weighted by Gasteiger charge is 2.24. The van der Waals surface area contributed by atoms with Crippen molar-refractivity contribution in [1.29, 1.82) is 0 Å². The molecule has 1 saturated heterocycles. The molecule has 1 rings (SSSR count). The molecule has 5 nitrogen and oxygen atoms in total. The van der Waals surface area contributed by atoms with Gasteiger partial charge in [0.15, 0.2) is 5.78 Å². The van der Waals surface area contributed by atoms with Gasteiger partial charge < -0.3 is 10.5 Å². The SMILES string of the molecule is O=C1CCNC(=O)C1=NO. The molecule has 1 aliphatic heterocycles. The average molecular weight is 142 g/mol. The summed E-state index contributed by atoms with van der Waals surface area (Å²) in [6.07, 6.45) is 0.213. The number of oxime groups is 1. The van der Waals surface area contributed by atoms with E-state index < -0.39 is 17.4 Å². The van der Waals surface area contributed by atoms with Crippen LogP contribution in [0, 0.1) is 0 Å². The van der Waals surface area contributed by atoms with Gasteiger partial charge in [-0.1, -0.05) is 5.16 Å². The third-order valence-electron chi connectivity index (χ3n) is 1.22. The van der Waals surface area contributed by atoms with Crippen molar-refractivity contribution in [3.8, 4) is 0 Å². The van der Waals surface area contributed by atoms with E-state index >= 15 is 0 Å². The quantitative estimate of drug-likeness (QED) is 0.333. The molecule has 0 aromatic rings. The van der Waals surface area contributed by atoms with E-state index in [4.69, 9.17) is 5.21 Å². The summed E-state index contributed by atoms with van der Waals surface area (Å²) in [4.78, 5) is 21.3. The third kappa shape index (κ3) is 0.975. The van der Waals surface area contributed by atoms with E-state index in [0.717, 1.165) is 0 Å². The fourth-order valence-corrected chi connectivity index (χ4v) is 0.719. The standard InChI is InChI=1S/C5H6N2O3/c8-3-1-2-6-5(9)4(3)7-10/h10H,1-2H2,(H,6,9). The number of ketones is 1. The Hall–Kier alpha value is -1.39. The number of rotatable bonds is 0. The zero-order valence-electron chi connectivity index (χ0n) is 5.13. The number of carbonyl (C=O) groups is 2. The van der Waals surface area contributed by atoms with Crippen molar-refractivity contribution in [2.24, 2.45) is 5.16 Å². The van der Waals surface area contributed by atoms with Crippen LogP contribution >= 0.6 is 0 Å². The van der Waals surface area contributed by atoms with Crippen molar-refractivity contribution >= 4 is 17.4 Å². The van der Waals surface area contributed by atoms with E-state index in [9.17, 15) is 9.59 Å². The summed E-state index contributed by atoms with van der Waals surface area (Å²) < 4.78 is 0. The molecule has 10 heavy (non-hydrogen) atoms. The van der Waals surface area contributed by atoms with Crippen LogP contribution in [0.25, 0.3) is 0 Å². The maximum Gasteiger partial charge on any atom is 0.277 e. The molecule has 0 unspecified atom stereocenters. The Bertz CT molecular complexity index is 191. The lowest BCUT2D eigenvalue weighted by Crippen LogP contribution is -2.43. The van der Waals surface area contributed by atoms with E-state index in [0.29, 0.717) is 6.54 Å². The number of nitrogens with zero attached hydrogens (tertiary/aromatic N) is 1. The van der Waals surface area contributed by atoms with E-state index in [-0.39, 0.29) is 6.42 Å². The Kier molecular flexibility index (Phi) is 1.66. The molecule has 0 aliphatic carbocycles. The molecule has 2 N–H and O–H groups in total. The van der Waals surface area contributed by atoms with Crippen LogP contribution in [0.1, 0.15) is 6.42 Å². The van der Waals surface area contributed by atoms with Crippen LogP contribution in [0.2, 0.25) is 0 Å². The molecular weight excluding hydrogens is 136 g/mol. The summed E-state index contributed by atoms with van der Waals surface area (Å²) >= 11 is 0. The Morgan fingerprint density at radius 2 is 2.20 bits per heavy atom. The van der Waals surface area contributed by atoms with Gasteiger partial charge in [0.2, 0.25) is 5.71 Å². The second-order valence-electron chi connectivity index (χ2n) is 1.88. The number of Topliss-reactive ketones (excluding diaryl/α,β-unsaturated/α-hetero) is 1. The first-order valence-electron chi connectivity index (χ1n) is 2.79. The summed E-state index contributed by atoms with van der Waals surface area (Å²) in [5.74, 6) is -1.01. The van der Waals surface area contributed by atoms with Crippen LogP contribution in [0.5, 0.6) is 0 Å². The molecule has 5 heteroatoms. The molecule has 0 spiro atoms. The van der Waals surface area contributed by atoms with Crippen LogP contribution in [-0.2, 0) is 9.59 Å². The van der Waals surface area contributed by atoms with E-state index in [1.54, 1.807) is 0 Å². The van der Waals surface area contributed by atoms with Gasteiger partial charge in [0.05, 0.1) is 0 Å². The highest BCUT2D eigenvalue weighted by atomic mass is 16.4. The van der Waals surface area contributed by atoms with Crippen LogP contribution in [0.3, 0.4) is 0 Å². The monoisotopic (exact) mass is 142 g/mol. The molecule has 1 fully saturated rings. The molecule has 0 aromatic carbocycles. The number of amides is 1. The second kappa shape index (κ2) is 2.47. The smallest absolute Gasteiger partial charge is 0.277 e. The molecule has 1 heterocycles. The van der Waals surface area contributed by atoms with Crippen molar-refractivity contribution in [3.63, 3.8) is 0 Å². The minimum Gasteiger partial charge on any atom is -0.410 e. The predicted octanol–water partition coefficient (Wildman–Crippen LogP) is -1.09. The predicted molar refractivity (Wildman–Crippen MR) is 31.9 cm³/mol. The third-order valence-corrected chi connectivity index (χ3v) is 1.22. The van der Waals surface area contributed by atoms with Crippen molar-refractivity contribution in [1.82, 2.24) is 5.32 Å². The second-order valence-corrected chi connectivity index (χ2v) is 1.88. The van der Waals surface area contributed by atoms with Crippen molar-refractivity contribution < 1.29 is 14.8 Å². The summed E-state index contributed by atoms with van der Waals surface area (Å²) in [7, 11) is 0.